The number of alkyl halides is 2. The second-order valence-corrected chi connectivity index (χ2v) is 8.89. The molecule has 0 radical (unpaired) electrons. The number of hydrogen-bond acceptors (Lipinski definition) is 7. The Balaban J connectivity index is 1.59. The van der Waals surface area contributed by atoms with Gasteiger partial charge in [0.1, 0.15) is 17.6 Å². The molecule has 4 rings (SSSR count). The van der Waals surface area contributed by atoms with Gasteiger partial charge in [0.2, 0.25) is 0 Å². The van der Waals surface area contributed by atoms with Crippen LogP contribution in [0.15, 0.2) is 27.5 Å². The molecule has 10 heteroatoms. The SMILES string of the molecule is CCC(Oc1ccc(-c2noc(=O)[nH]2)c(OC(F)F)c1)c1sc(C2CCCCC2)nc1C. The summed E-state index contributed by atoms with van der Waals surface area (Å²) in [6, 6.07) is 4.50. The number of hydrogen-bond donors (Lipinski definition) is 1. The van der Waals surface area contributed by atoms with Gasteiger partial charge < -0.3 is 9.47 Å². The summed E-state index contributed by atoms with van der Waals surface area (Å²) in [6.45, 7) is 0.945. The van der Waals surface area contributed by atoms with Crippen LogP contribution < -0.4 is 15.2 Å². The first-order valence-electron chi connectivity index (χ1n) is 10.7. The molecule has 1 fully saturated rings. The molecule has 172 valence electrons. The number of aromatic nitrogens is 3. The maximum atomic E-state index is 13.0. The summed E-state index contributed by atoms with van der Waals surface area (Å²) in [6.07, 6.45) is 6.53. The maximum absolute atomic E-state index is 13.0. The van der Waals surface area contributed by atoms with E-state index in [9.17, 15) is 13.6 Å². The van der Waals surface area contributed by atoms with Gasteiger partial charge in [0.25, 0.3) is 0 Å². The van der Waals surface area contributed by atoms with Gasteiger partial charge >= 0.3 is 12.4 Å². The monoisotopic (exact) mass is 465 g/mol. The van der Waals surface area contributed by atoms with Crippen molar-refractivity contribution in [2.45, 2.75) is 71.0 Å². The van der Waals surface area contributed by atoms with E-state index in [4.69, 9.17) is 9.72 Å². The second kappa shape index (κ2) is 9.81. The summed E-state index contributed by atoms with van der Waals surface area (Å²) < 4.78 is 41.3. The molecule has 7 nitrogen and oxygen atoms in total. The Labute approximate surface area is 187 Å². The summed E-state index contributed by atoms with van der Waals surface area (Å²) >= 11 is 1.69. The molecule has 0 spiro atoms. The highest BCUT2D eigenvalue weighted by molar-refractivity contribution is 7.11. The number of thiazole rings is 1. The van der Waals surface area contributed by atoms with E-state index in [-0.39, 0.29) is 23.2 Å². The minimum absolute atomic E-state index is 0.000309. The van der Waals surface area contributed by atoms with Crippen molar-refractivity contribution in [2.75, 3.05) is 0 Å². The first-order chi connectivity index (χ1) is 15.4. The van der Waals surface area contributed by atoms with Crippen LogP contribution in [0.3, 0.4) is 0 Å². The highest BCUT2D eigenvalue weighted by Crippen LogP contribution is 2.40. The van der Waals surface area contributed by atoms with Crippen molar-refractivity contribution in [3.8, 4) is 22.9 Å². The molecule has 32 heavy (non-hydrogen) atoms. The number of nitrogens with one attached hydrogen (secondary N) is 1. The number of H-pyrrole nitrogens is 1. The lowest BCUT2D eigenvalue weighted by atomic mass is 9.90. The predicted octanol–water partition coefficient (Wildman–Crippen LogP) is 5.97. The van der Waals surface area contributed by atoms with Crippen LogP contribution in [0.5, 0.6) is 11.5 Å². The van der Waals surface area contributed by atoms with Gasteiger partial charge in [-0.25, -0.2) is 9.78 Å². The molecular weight excluding hydrogens is 440 g/mol. The molecule has 3 aromatic rings. The average Bonchev–Trinajstić information content (AvgIpc) is 3.38. The topological polar surface area (TPSA) is 90.2 Å². The van der Waals surface area contributed by atoms with Crippen LogP contribution in [0.1, 0.15) is 73.0 Å². The van der Waals surface area contributed by atoms with Crippen LogP contribution in [0.4, 0.5) is 8.78 Å². The number of benzene rings is 1. The molecule has 0 saturated heterocycles. The molecule has 2 aromatic heterocycles. The van der Waals surface area contributed by atoms with Crippen molar-refractivity contribution in [3.05, 3.63) is 44.3 Å². The van der Waals surface area contributed by atoms with Gasteiger partial charge in [-0.3, -0.25) is 9.51 Å². The quantitative estimate of drug-likeness (QED) is 0.440. The van der Waals surface area contributed by atoms with Crippen LogP contribution in [0, 0.1) is 6.92 Å². The van der Waals surface area contributed by atoms with Crippen LogP contribution in [0.2, 0.25) is 0 Å². The summed E-state index contributed by atoms with van der Waals surface area (Å²) in [5, 5.41) is 4.71. The van der Waals surface area contributed by atoms with Gasteiger partial charge in [0.15, 0.2) is 5.82 Å². The Hall–Kier alpha value is -2.75. The lowest BCUT2D eigenvalue weighted by molar-refractivity contribution is -0.0496. The fourth-order valence-electron chi connectivity index (χ4n) is 4.05. The Morgan fingerprint density at radius 3 is 2.69 bits per heavy atom. The van der Waals surface area contributed by atoms with E-state index < -0.39 is 12.4 Å². The normalized spacial score (nSPS) is 15.8. The smallest absolute Gasteiger partial charge is 0.439 e. The largest absolute Gasteiger partial charge is 0.485 e. The number of rotatable bonds is 8. The van der Waals surface area contributed by atoms with Crippen molar-refractivity contribution in [1.82, 2.24) is 15.1 Å². The lowest BCUT2D eigenvalue weighted by Gasteiger charge is -2.19. The van der Waals surface area contributed by atoms with Gasteiger partial charge in [0.05, 0.1) is 21.1 Å². The van der Waals surface area contributed by atoms with E-state index in [1.54, 1.807) is 17.4 Å². The standard InChI is InChI=1S/C22H25F2N3O4S/c1-3-16(18-12(2)25-20(32-18)13-7-5-4-6-8-13)29-14-9-10-15(17(11-14)30-21(23)24)19-26-22(28)31-27-19/h9-11,13,16,21H,3-8H2,1-2H3,(H,26,27,28). The van der Waals surface area contributed by atoms with Crippen LogP contribution >= 0.6 is 11.3 Å². The molecule has 1 unspecified atom stereocenters. The van der Waals surface area contributed by atoms with Crippen molar-refractivity contribution in [1.29, 1.82) is 0 Å². The molecule has 1 aromatic carbocycles. The van der Waals surface area contributed by atoms with Gasteiger partial charge in [0, 0.05) is 12.0 Å². The molecule has 2 heterocycles. The predicted molar refractivity (Wildman–Crippen MR) is 116 cm³/mol. The minimum Gasteiger partial charge on any atom is -0.485 e. The van der Waals surface area contributed by atoms with E-state index in [0.717, 1.165) is 15.6 Å². The summed E-state index contributed by atoms with van der Waals surface area (Å²) in [5.41, 5.74) is 1.12. The number of aryl methyl sites for hydroxylation is 1. The van der Waals surface area contributed by atoms with Crippen molar-refractivity contribution in [3.63, 3.8) is 0 Å². The van der Waals surface area contributed by atoms with Crippen molar-refractivity contribution < 1.29 is 22.8 Å². The molecule has 1 aliphatic rings. The second-order valence-electron chi connectivity index (χ2n) is 7.83. The molecule has 0 amide bonds. The van der Waals surface area contributed by atoms with E-state index in [0.29, 0.717) is 18.1 Å². The molecule has 1 aliphatic carbocycles. The molecular formula is C22H25F2N3O4S. The van der Waals surface area contributed by atoms with Gasteiger partial charge in [-0.15, -0.1) is 11.3 Å². The zero-order chi connectivity index (χ0) is 22.7. The van der Waals surface area contributed by atoms with Gasteiger partial charge in [-0.2, -0.15) is 8.78 Å². The summed E-state index contributed by atoms with van der Waals surface area (Å²) in [4.78, 5) is 19.5. The first-order valence-corrected chi connectivity index (χ1v) is 11.5. The lowest BCUT2D eigenvalue weighted by Crippen LogP contribution is -2.08. The van der Waals surface area contributed by atoms with E-state index in [1.165, 1.54) is 44.2 Å². The Bertz CT molecular complexity index is 1100. The number of aromatic amines is 1. The van der Waals surface area contributed by atoms with Crippen LogP contribution in [-0.2, 0) is 0 Å². The number of nitrogens with zero attached hydrogens (tertiary/aromatic N) is 2. The number of halogens is 2. The Morgan fingerprint density at radius 2 is 2.03 bits per heavy atom. The van der Waals surface area contributed by atoms with E-state index in [1.807, 2.05) is 13.8 Å². The fourth-order valence-corrected chi connectivity index (χ4v) is 5.40. The number of ether oxygens (including phenoxy) is 2. The van der Waals surface area contributed by atoms with Crippen LogP contribution in [0.25, 0.3) is 11.4 Å². The summed E-state index contributed by atoms with van der Waals surface area (Å²) in [7, 11) is 0. The van der Waals surface area contributed by atoms with Gasteiger partial charge in [-0.1, -0.05) is 31.3 Å². The van der Waals surface area contributed by atoms with E-state index >= 15 is 0 Å². The summed E-state index contributed by atoms with van der Waals surface area (Å²) in [5.74, 6) is -0.0768. The van der Waals surface area contributed by atoms with Crippen LogP contribution in [-0.4, -0.2) is 21.7 Å². The zero-order valence-corrected chi connectivity index (χ0v) is 18.7. The van der Waals surface area contributed by atoms with Gasteiger partial charge in [-0.05, 0) is 38.3 Å². The van der Waals surface area contributed by atoms with Crippen molar-refractivity contribution >= 4 is 11.3 Å². The third-order valence-corrected chi connectivity index (χ3v) is 7.02. The molecule has 1 saturated carbocycles. The molecule has 0 bridgehead atoms. The Morgan fingerprint density at radius 1 is 1.25 bits per heavy atom. The van der Waals surface area contributed by atoms with Crippen molar-refractivity contribution in [2.24, 2.45) is 0 Å². The molecule has 0 aliphatic heterocycles. The third kappa shape index (κ3) is 5.01. The third-order valence-electron chi connectivity index (χ3n) is 5.61. The average molecular weight is 466 g/mol. The van der Waals surface area contributed by atoms with E-state index in [2.05, 4.69) is 19.4 Å². The first kappa shape index (κ1) is 22.4. The minimum atomic E-state index is -3.05. The highest BCUT2D eigenvalue weighted by atomic mass is 32.1. The Kier molecular flexibility index (Phi) is 6.88. The zero-order valence-electron chi connectivity index (χ0n) is 17.9. The molecule has 1 N–H and O–H groups in total. The fraction of sp³-hybridized carbons (Fsp3) is 0.500. The maximum Gasteiger partial charge on any atom is 0.439 e. The highest BCUT2D eigenvalue weighted by Gasteiger charge is 2.25. The molecule has 1 atom stereocenters.